The number of carbonyl (C=O) groups is 18. The highest BCUT2D eigenvalue weighted by atomic mass is 79.9. The molecular weight excluding hydrogens is 1720 g/mol. The number of rotatable bonds is 18. The Bertz CT molecular complexity index is 4530. The summed E-state index contributed by atoms with van der Waals surface area (Å²) in [6.07, 6.45) is 9.21. The average Bonchev–Trinajstić information content (AvgIpc) is 1.72. The van der Waals surface area contributed by atoms with Gasteiger partial charge in [-0.05, 0) is 208 Å². The van der Waals surface area contributed by atoms with Crippen molar-refractivity contribution in [3.8, 4) is 5.75 Å². The number of nitrogen functional groups attached to an aromatic ring is 1. The number of carboxylic acids is 6. The number of aromatic hydroxyl groups is 1. The van der Waals surface area contributed by atoms with E-state index in [4.69, 9.17) is 64.7 Å². The fourth-order valence-corrected chi connectivity index (χ4v) is 14.7. The van der Waals surface area contributed by atoms with E-state index in [0.29, 0.717) is 75.5 Å². The van der Waals surface area contributed by atoms with Crippen molar-refractivity contribution in [1.29, 1.82) is 0 Å². The van der Waals surface area contributed by atoms with Crippen molar-refractivity contribution in [2.75, 3.05) is 45.0 Å². The molecule has 6 aromatic carbocycles. The highest BCUT2D eigenvalue weighted by molar-refractivity contribution is 9.10. The number of imide groups is 6. The summed E-state index contributed by atoms with van der Waals surface area (Å²) >= 11 is 19.2. The molecule has 0 atom stereocenters. The first-order valence-electron chi connectivity index (χ1n) is 31.6. The lowest BCUT2D eigenvalue weighted by Crippen LogP contribution is -2.33. The Balaban J connectivity index is 0.000000189. The lowest BCUT2D eigenvalue weighted by Gasteiger charge is -2.07. The molecule has 0 aliphatic carbocycles. The van der Waals surface area contributed by atoms with Gasteiger partial charge in [0, 0.05) is 20.2 Å². The van der Waals surface area contributed by atoms with E-state index in [1.807, 2.05) is 43.3 Å². The van der Waals surface area contributed by atoms with E-state index in [-0.39, 0.29) is 35.2 Å². The number of hydrogen-bond donors (Lipinski definition) is 8. The Morgan fingerprint density at radius 3 is 0.816 bits per heavy atom. The van der Waals surface area contributed by atoms with Crippen LogP contribution in [0.3, 0.4) is 0 Å². The van der Waals surface area contributed by atoms with E-state index < -0.39 is 142 Å². The summed E-state index contributed by atoms with van der Waals surface area (Å²) in [5.74, 6) is -10.8. The maximum atomic E-state index is 11.9. The van der Waals surface area contributed by atoms with Gasteiger partial charge < -0.3 is 41.5 Å². The predicted octanol–water partition coefficient (Wildman–Crippen LogP) is 12.5. The van der Waals surface area contributed by atoms with E-state index in [0.717, 1.165) is 83.6 Å². The van der Waals surface area contributed by atoms with Gasteiger partial charge in [0.25, 0.3) is 66.9 Å². The van der Waals surface area contributed by atoms with E-state index in [9.17, 15) is 86.3 Å². The van der Waals surface area contributed by atoms with Gasteiger partial charge in [-0.15, -0.1) is 0 Å². The normalized spacial score (nSPS) is 17.3. The number of aryl methyl sites for hydroxylation is 1. The van der Waals surface area contributed by atoms with Gasteiger partial charge in [-0.1, -0.05) is 130 Å². The molecule has 588 valence electrons. The maximum Gasteiger partial charge on any atom is 0.323 e. The summed E-state index contributed by atoms with van der Waals surface area (Å²) < 4.78 is 0.906. The van der Waals surface area contributed by atoms with Gasteiger partial charge in [0.1, 0.15) is 45.0 Å². The van der Waals surface area contributed by atoms with E-state index in [1.165, 1.54) is 36.4 Å². The van der Waals surface area contributed by atoms with Crippen LogP contribution in [0.25, 0.3) is 36.5 Å². The third-order valence-electron chi connectivity index (χ3n) is 14.3. The molecular formula is C73H54BrCl2N7O25S6. The third kappa shape index (κ3) is 26.7. The largest absolute Gasteiger partial charge is 0.508 e. The number of carboxylic acid groups (broad SMARTS) is 6. The van der Waals surface area contributed by atoms with Crippen LogP contribution in [-0.4, -0.2) is 207 Å². The molecule has 9 N–H and O–H groups in total. The minimum absolute atomic E-state index is 0.0936. The van der Waals surface area contributed by atoms with Crippen LogP contribution in [0, 0.1) is 6.92 Å². The highest BCUT2D eigenvalue weighted by Crippen LogP contribution is 2.38. The van der Waals surface area contributed by atoms with Crippen molar-refractivity contribution in [3.63, 3.8) is 0 Å². The molecule has 12 amide bonds. The molecule has 6 saturated heterocycles. The fourth-order valence-electron chi connectivity index (χ4n) is 9.08. The summed E-state index contributed by atoms with van der Waals surface area (Å²) in [4.78, 5) is 209. The topological polar surface area (TPSA) is 494 Å². The van der Waals surface area contributed by atoms with Gasteiger partial charge in [0.2, 0.25) is 0 Å². The van der Waals surface area contributed by atoms with Gasteiger partial charge in [-0.25, -0.2) is 0 Å². The smallest absolute Gasteiger partial charge is 0.323 e. The standard InChI is InChI=1S/C13H11NO4S.C12H8BrNO4S.2C12H8ClNO4S.C12H10N2O4S.C12H9NO5S/c1-8-2-4-9(5-3-8)6-10-12(17)14(7-11(15)16)13(18)19-10;2*13-8-3-1-7(2-4-8)5-9-11(17)14(6-10(15)16)12(18)19-9;13-8-3-1-2-7(4-8)5-9-11(17)14(6-10(15)16)12(18)19-9;13-8-3-1-7(2-4-8)5-9-11(17)14(6-10(15)16)12(18)19-9;14-8-3-1-7(2-4-8)5-9-11(17)13(6-10(15)16)12(18)19-9/h2-6H,7H2,1H3,(H,15,16);3*1-5H,6H2,(H,15,16);1-5H,6,13H2,(H,15,16);1-5,14H,6H2,(H,15,16)/b10-6-;5*9-5-. The third-order valence-corrected chi connectivity index (χ3v) is 20.7. The number of phenols is 1. The lowest BCUT2D eigenvalue weighted by atomic mass is 10.1. The number of carbonyl (C=O) groups excluding carboxylic acids is 12. The van der Waals surface area contributed by atoms with Crippen LogP contribution in [-0.2, 0) is 57.5 Å². The number of thioether (sulfide) groups is 6. The SMILES string of the molecule is Cc1ccc(/C=C2\SC(=O)N(CC(=O)O)C2=O)cc1.Nc1ccc(/C=C2\SC(=O)N(CC(=O)O)C2=O)cc1.O=C(O)CN1C(=O)S/C(=C\c2ccc(Br)cc2)C1=O.O=C(O)CN1C(=O)S/C(=C\c2ccc(Cl)cc2)C1=O.O=C(O)CN1C(=O)S/C(=C\c2ccc(O)cc2)C1=O.O=C(O)CN1C(=O)S/C(=C\c2cccc(Cl)c2)C1=O. The van der Waals surface area contributed by atoms with Crippen molar-refractivity contribution >= 4 is 255 Å². The van der Waals surface area contributed by atoms with Crippen LogP contribution in [0.1, 0.15) is 38.9 Å². The molecule has 6 aliphatic rings. The zero-order valence-corrected chi connectivity index (χ0v) is 65.9. The molecule has 0 bridgehead atoms. The molecule has 6 aliphatic heterocycles. The van der Waals surface area contributed by atoms with Crippen molar-refractivity contribution < 1.29 is 122 Å². The number of hydrogen-bond acceptors (Lipinski definition) is 26. The molecule has 0 unspecified atom stereocenters. The quantitative estimate of drug-likeness (QED) is 0.0293. The van der Waals surface area contributed by atoms with Crippen molar-refractivity contribution in [3.05, 3.63) is 228 Å². The number of anilines is 1. The van der Waals surface area contributed by atoms with Gasteiger partial charge in [0.15, 0.2) is 0 Å². The number of nitrogens with two attached hydrogens (primary N) is 1. The Morgan fingerprint density at radius 1 is 0.333 bits per heavy atom. The van der Waals surface area contributed by atoms with Gasteiger partial charge in [-0.2, -0.15) is 0 Å². The number of nitrogens with zero attached hydrogens (tertiary/aromatic N) is 6. The molecule has 6 aromatic rings. The van der Waals surface area contributed by atoms with Crippen LogP contribution in [0.15, 0.2) is 179 Å². The highest BCUT2D eigenvalue weighted by Gasteiger charge is 2.41. The summed E-state index contributed by atoms with van der Waals surface area (Å²) in [6, 6.07) is 41.0. The molecule has 0 aromatic heterocycles. The molecule has 6 fully saturated rings. The number of aliphatic carboxylic acids is 6. The Kier molecular flexibility index (Phi) is 32.6. The van der Waals surface area contributed by atoms with Crippen molar-refractivity contribution in [2.45, 2.75) is 6.92 Å². The first-order valence-corrected chi connectivity index (χ1v) is 38.1. The van der Waals surface area contributed by atoms with Crippen LogP contribution in [0.4, 0.5) is 34.5 Å². The maximum absolute atomic E-state index is 11.9. The number of amides is 12. The molecule has 0 spiro atoms. The van der Waals surface area contributed by atoms with Gasteiger partial charge in [0.05, 0.1) is 29.4 Å². The summed E-state index contributed by atoms with van der Waals surface area (Å²) in [7, 11) is 0. The van der Waals surface area contributed by atoms with E-state index in [2.05, 4.69) is 15.9 Å². The van der Waals surface area contributed by atoms with Crippen LogP contribution in [0.5, 0.6) is 5.75 Å². The van der Waals surface area contributed by atoms with E-state index >= 15 is 0 Å². The zero-order valence-electron chi connectivity index (χ0n) is 57.9. The minimum atomic E-state index is -1.24. The molecule has 41 heteroatoms. The summed E-state index contributed by atoms with van der Waals surface area (Å²) in [5.41, 5.74) is 11.5. The summed E-state index contributed by atoms with van der Waals surface area (Å²) in [5, 5.41) is 58.5. The predicted molar refractivity (Wildman–Crippen MR) is 429 cm³/mol. The van der Waals surface area contributed by atoms with Gasteiger partial charge in [-0.3, -0.25) is 116 Å². The second-order valence-electron chi connectivity index (χ2n) is 22.8. The summed E-state index contributed by atoms with van der Waals surface area (Å²) in [6.45, 7) is -1.77. The number of phenolic OH excluding ortho intramolecular Hbond substituents is 1. The van der Waals surface area contributed by atoms with Crippen LogP contribution < -0.4 is 5.73 Å². The zero-order chi connectivity index (χ0) is 83.9. The number of halogens is 3. The monoisotopic (exact) mass is 1770 g/mol. The van der Waals surface area contributed by atoms with Crippen LogP contribution >= 0.6 is 110 Å². The molecule has 12 rings (SSSR count). The minimum Gasteiger partial charge on any atom is -0.508 e. The Morgan fingerprint density at radius 2 is 0.561 bits per heavy atom. The second kappa shape index (κ2) is 41.6. The first kappa shape index (κ1) is 89.4. The molecule has 114 heavy (non-hydrogen) atoms. The number of benzene rings is 6. The molecule has 0 radical (unpaired) electrons. The first-order chi connectivity index (χ1) is 53.8. The van der Waals surface area contributed by atoms with E-state index in [1.54, 1.807) is 109 Å². The molecule has 6 heterocycles. The Labute approximate surface area is 687 Å². The fraction of sp³-hybridized carbons (Fsp3) is 0.0959. The molecule has 0 saturated carbocycles. The second-order valence-corrected chi connectivity index (χ2v) is 30.5. The van der Waals surface area contributed by atoms with Crippen molar-refractivity contribution in [2.24, 2.45) is 0 Å². The Hall–Kier alpha value is -11.8. The molecule has 32 nitrogen and oxygen atoms in total. The van der Waals surface area contributed by atoms with Crippen LogP contribution in [0.2, 0.25) is 10.0 Å². The van der Waals surface area contributed by atoms with Gasteiger partial charge >= 0.3 is 35.8 Å². The van der Waals surface area contributed by atoms with Crippen molar-refractivity contribution in [1.82, 2.24) is 29.4 Å². The average molecular weight is 1770 g/mol. The lowest BCUT2D eigenvalue weighted by molar-refractivity contribution is -0.140.